The van der Waals surface area contributed by atoms with Gasteiger partial charge in [-0.25, -0.2) is 9.37 Å². The molecule has 0 saturated carbocycles. The summed E-state index contributed by atoms with van der Waals surface area (Å²) in [5, 5.41) is 3.05. The molecule has 29 heavy (non-hydrogen) atoms. The van der Waals surface area contributed by atoms with Gasteiger partial charge >= 0.3 is 0 Å². The predicted molar refractivity (Wildman–Crippen MR) is 104 cm³/mol. The molecule has 1 aromatic carbocycles. The first-order valence-corrected chi connectivity index (χ1v) is 9.64. The number of halogens is 1. The van der Waals surface area contributed by atoms with Crippen LogP contribution in [0.25, 0.3) is 11.0 Å². The van der Waals surface area contributed by atoms with Gasteiger partial charge in [0.25, 0.3) is 0 Å². The molecule has 1 unspecified atom stereocenters. The monoisotopic (exact) mass is 398 g/mol. The molecule has 0 bridgehead atoms. The Balaban J connectivity index is 1.38. The molecule has 0 spiro atoms. The first kappa shape index (κ1) is 19.2. The highest BCUT2D eigenvalue weighted by Crippen LogP contribution is 2.30. The summed E-state index contributed by atoms with van der Waals surface area (Å²) in [7, 11) is 1.71. The van der Waals surface area contributed by atoms with E-state index in [-0.39, 0.29) is 17.6 Å². The highest BCUT2D eigenvalue weighted by molar-refractivity contribution is 5.80. The highest BCUT2D eigenvalue weighted by atomic mass is 19.1. The van der Waals surface area contributed by atoms with E-state index in [0.717, 1.165) is 5.76 Å². The maximum Gasteiger partial charge on any atom is 0.222 e. The number of amides is 2. The van der Waals surface area contributed by atoms with E-state index in [9.17, 15) is 14.0 Å². The molecule has 3 heterocycles. The smallest absolute Gasteiger partial charge is 0.222 e. The Bertz CT molecular complexity index is 1030. The zero-order valence-electron chi connectivity index (χ0n) is 16.2. The number of rotatable bonds is 7. The molecule has 4 rings (SSSR count). The first-order valence-electron chi connectivity index (χ1n) is 9.64. The number of imidazole rings is 1. The van der Waals surface area contributed by atoms with Crippen molar-refractivity contribution in [1.82, 2.24) is 20.2 Å². The fourth-order valence-electron chi connectivity index (χ4n) is 3.89. The van der Waals surface area contributed by atoms with Gasteiger partial charge < -0.3 is 19.6 Å². The van der Waals surface area contributed by atoms with E-state index in [4.69, 9.17) is 4.42 Å². The number of nitrogens with one attached hydrogen (secondary N) is 2. The van der Waals surface area contributed by atoms with E-state index >= 15 is 0 Å². The average molecular weight is 398 g/mol. The first-order chi connectivity index (χ1) is 13.9. The molecule has 1 saturated heterocycles. The number of fused-ring (bicyclic) bond motifs is 1. The number of nitrogens with zero attached hydrogens (tertiary/aromatic N) is 2. The van der Waals surface area contributed by atoms with E-state index in [2.05, 4.69) is 15.3 Å². The van der Waals surface area contributed by atoms with E-state index in [1.807, 2.05) is 12.1 Å². The van der Waals surface area contributed by atoms with Gasteiger partial charge in [-0.05, 0) is 43.2 Å². The minimum atomic E-state index is -0.456. The lowest BCUT2D eigenvalue weighted by Gasteiger charge is -2.29. The predicted octanol–water partition coefficient (Wildman–Crippen LogP) is 2.93. The van der Waals surface area contributed by atoms with E-state index < -0.39 is 5.54 Å². The fourth-order valence-corrected chi connectivity index (χ4v) is 3.89. The van der Waals surface area contributed by atoms with Crippen molar-refractivity contribution in [2.45, 2.75) is 44.2 Å². The molecule has 7 nitrogen and oxygen atoms in total. The zero-order chi connectivity index (χ0) is 20.4. The summed E-state index contributed by atoms with van der Waals surface area (Å²) in [6, 6.07) is 8.04. The third-order valence-corrected chi connectivity index (χ3v) is 5.45. The Labute approximate surface area is 167 Å². The van der Waals surface area contributed by atoms with Crippen LogP contribution in [0.3, 0.4) is 0 Å². The Morgan fingerprint density at radius 1 is 1.38 bits per heavy atom. The van der Waals surface area contributed by atoms with Crippen LogP contribution in [-0.2, 0) is 22.6 Å². The SMILES string of the molecule is CN(Cc1nc2ccc(F)cc2[nH]1)C(=O)CCC1(Cc2ccco2)CCC(=O)N1. The Morgan fingerprint density at radius 2 is 2.24 bits per heavy atom. The second-order valence-corrected chi connectivity index (χ2v) is 7.68. The molecule has 1 aliphatic heterocycles. The molecule has 2 aromatic heterocycles. The van der Waals surface area contributed by atoms with Crippen molar-refractivity contribution in [3.05, 3.63) is 54.0 Å². The van der Waals surface area contributed by atoms with Crippen molar-refractivity contribution in [1.29, 1.82) is 0 Å². The van der Waals surface area contributed by atoms with Gasteiger partial charge in [0.2, 0.25) is 11.8 Å². The number of carbonyl (C=O) groups excluding carboxylic acids is 2. The molecule has 0 aliphatic carbocycles. The molecule has 1 atom stereocenters. The summed E-state index contributed by atoms with van der Waals surface area (Å²) in [6.45, 7) is 0.298. The van der Waals surface area contributed by atoms with Crippen LogP contribution in [0, 0.1) is 5.82 Å². The number of aromatic nitrogens is 2. The number of furan rings is 1. The van der Waals surface area contributed by atoms with Crippen molar-refractivity contribution < 1.29 is 18.4 Å². The number of H-pyrrole nitrogens is 1. The van der Waals surface area contributed by atoms with E-state index in [1.54, 1.807) is 24.3 Å². The second-order valence-electron chi connectivity index (χ2n) is 7.68. The quantitative estimate of drug-likeness (QED) is 0.640. The summed E-state index contributed by atoms with van der Waals surface area (Å²) in [4.78, 5) is 33.6. The summed E-state index contributed by atoms with van der Waals surface area (Å²) >= 11 is 0. The number of aromatic amines is 1. The highest BCUT2D eigenvalue weighted by Gasteiger charge is 2.38. The second kappa shape index (κ2) is 7.69. The largest absolute Gasteiger partial charge is 0.469 e. The van der Waals surface area contributed by atoms with Gasteiger partial charge in [-0.15, -0.1) is 0 Å². The molecule has 152 valence electrons. The van der Waals surface area contributed by atoms with Gasteiger partial charge in [0.15, 0.2) is 0 Å². The van der Waals surface area contributed by atoms with Crippen LogP contribution >= 0.6 is 0 Å². The van der Waals surface area contributed by atoms with E-state index in [1.165, 1.54) is 12.1 Å². The molecule has 1 fully saturated rings. The maximum absolute atomic E-state index is 13.3. The zero-order valence-corrected chi connectivity index (χ0v) is 16.2. The van der Waals surface area contributed by atoms with Gasteiger partial charge in [0, 0.05) is 31.8 Å². The minimum absolute atomic E-state index is 0.00636. The summed E-state index contributed by atoms with van der Waals surface area (Å²) in [5.41, 5.74) is 0.808. The molecule has 1 aliphatic rings. The molecule has 8 heteroatoms. The van der Waals surface area contributed by atoms with E-state index in [0.29, 0.717) is 55.5 Å². The van der Waals surface area contributed by atoms with Crippen molar-refractivity contribution in [3.8, 4) is 0 Å². The van der Waals surface area contributed by atoms with Crippen LogP contribution in [0.2, 0.25) is 0 Å². The van der Waals surface area contributed by atoms with Crippen molar-refractivity contribution >= 4 is 22.8 Å². The van der Waals surface area contributed by atoms with Gasteiger partial charge in [-0.3, -0.25) is 9.59 Å². The lowest BCUT2D eigenvalue weighted by atomic mass is 9.87. The maximum atomic E-state index is 13.3. The standard InChI is InChI=1S/C21H23FN4O3/c1-26(13-18-23-16-5-4-14(22)11-17(16)24-18)20(28)7-9-21(8-6-19(27)25-21)12-15-3-2-10-29-15/h2-5,10-11H,6-9,12-13H2,1H3,(H,23,24)(H,25,27). The minimum Gasteiger partial charge on any atom is -0.469 e. The summed E-state index contributed by atoms with van der Waals surface area (Å²) < 4.78 is 18.8. The van der Waals surface area contributed by atoms with Crippen molar-refractivity contribution in [2.75, 3.05) is 7.05 Å². The van der Waals surface area contributed by atoms with Crippen molar-refractivity contribution in [3.63, 3.8) is 0 Å². The van der Waals surface area contributed by atoms with Gasteiger partial charge in [-0.2, -0.15) is 0 Å². The Morgan fingerprint density at radius 3 is 2.97 bits per heavy atom. The molecular weight excluding hydrogens is 375 g/mol. The molecule has 2 amide bonds. The summed E-state index contributed by atoms with van der Waals surface area (Å²) in [5.74, 6) is 1.02. The third kappa shape index (κ3) is 4.31. The van der Waals surface area contributed by atoms with Crippen LogP contribution in [0.4, 0.5) is 4.39 Å². The number of carbonyl (C=O) groups is 2. The number of hydrogen-bond acceptors (Lipinski definition) is 4. The van der Waals surface area contributed by atoms with Gasteiger partial charge in [0.05, 0.1) is 23.8 Å². The van der Waals surface area contributed by atoms with Crippen LogP contribution in [0.1, 0.15) is 37.3 Å². The lowest BCUT2D eigenvalue weighted by Crippen LogP contribution is -2.44. The van der Waals surface area contributed by atoms with Crippen molar-refractivity contribution in [2.24, 2.45) is 0 Å². The van der Waals surface area contributed by atoms with Crippen LogP contribution in [0.5, 0.6) is 0 Å². The van der Waals surface area contributed by atoms with Gasteiger partial charge in [-0.1, -0.05) is 0 Å². The fraction of sp³-hybridized carbons (Fsp3) is 0.381. The third-order valence-electron chi connectivity index (χ3n) is 5.45. The lowest BCUT2D eigenvalue weighted by molar-refractivity contribution is -0.131. The molecule has 0 radical (unpaired) electrons. The number of hydrogen-bond donors (Lipinski definition) is 2. The van der Waals surface area contributed by atoms with Crippen LogP contribution < -0.4 is 5.32 Å². The molecule has 2 N–H and O–H groups in total. The normalized spacial score (nSPS) is 18.9. The van der Waals surface area contributed by atoms with Crippen LogP contribution in [-0.4, -0.2) is 39.3 Å². The van der Waals surface area contributed by atoms with Crippen LogP contribution in [0.15, 0.2) is 41.0 Å². The number of benzene rings is 1. The van der Waals surface area contributed by atoms with Gasteiger partial charge in [0.1, 0.15) is 17.4 Å². The summed E-state index contributed by atoms with van der Waals surface area (Å²) in [6.07, 6.45) is 4.15. The Kier molecular flexibility index (Phi) is 5.08. The molecular formula is C21H23FN4O3. The topological polar surface area (TPSA) is 91.2 Å². The molecule has 3 aromatic rings. The Hall–Kier alpha value is -3.16. The average Bonchev–Trinajstić information content (AvgIpc) is 3.40.